The molecule has 0 atom stereocenters. The number of aryl methyl sites for hydroxylation is 1. The van der Waals surface area contributed by atoms with Gasteiger partial charge >= 0.3 is 0 Å². The van der Waals surface area contributed by atoms with Gasteiger partial charge in [-0.15, -0.1) is 11.3 Å². The highest BCUT2D eigenvalue weighted by Gasteiger charge is 2.42. The van der Waals surface area contributed by atoms with E-state index in [2.05, 4.69) is 4.72 Å². The monoisotopic (exact) mass is 306 g/mol. The third-order valence-corrected chi connectivity index (χ3v) is 7.57. The largest absolute Gasteiger partial charge is 0.326 e. The van der Waals surface area contributed by atoms with Gasteiger partial charge in [0.2, 0.25) is 10.0 Å². The first kappa shape index (κ1) is 14.3. The van der Waals surface area contributed by atoms with E-state index in [1.807, 2.05) is 18.6 Å². The summed E-state index contributed by atoms with van der Waals surface area (Å²) in [5.41, 5.74) is 6.37. The van der Waals surface area contributed by atoms with Crippen molar-refractivity contribution in [1.29, 1.82) is 0 Å². The van der Waals surface area contributed by atoms with Crippen molar-refractivity contribution >= 4 is 33.1 Å². The Morgan fingerprint density at radius 2 is 2.22 bits per heavy atom. The minimum Gasteiger partial charge on any atom is -0.326 e. The van der Waals surface area contributed by atoms with Gasteiger partial charge in [-0.1, -0.05) is 0 Å². The van der Waals surface area contributed by atoms with E-state index in [0.717, 1.165) is 23.3 Å². The molecule has 1 heterocycles. The number of sulfonamides is 1. The van der Waals surface area contributed by atoms with E-state index in [-0.39, 0.29) is 11.3 Å². The lowest BCUT2D eigenvalue weighted by Gasteiger charge is -2.14. The molecule has 1 fully saturated rings. The van der Waals surface area contributed by atoms with Gasteiger partial charge in [-0.2, -0.15) is 11.8 Å². The highest BCUT2D eigenvalue weighted by Crippen LogP contribution is 2.46. The molecule has 1 aromatic heterocycles. The second-order valence-electron chi connectivity index (χ2n) is 4.59. The SMILES string of the molecule is CSC1(CNS(=O)(=O)c2c(C)csc2CN)CC1. The van der Waals surface area contributed by atoms with E-state index in [9.17, 15) is 8.42 Å². The van der Waals surface area contributed by atoms with Crippen molar-refractivity contribution in [2.75, 3.05) is 12.8 Å². The summed E-state index contributed by atoms with van der Waals surface area (Å²) in [6, 6.07) is 0. The Balaban J connectivity index is 2.17. The van der Waals surface area contributed by atoms with Crippen LogP contribution in [0.4, 0.5) is 0 Å². The molecule has 1 aliphatic carbocycles. The molecule has 2 rings (SSSR count). The Labute approximate surface area is 116 Å². The van der Waals surface area contributed by atoms with Crippen LogP contribution >= 0.6 is 23.1 Å². The molecule has 0 unspecified atom stereocenters. The van der Waals surface area contributed by atoms with Crippen molar-refractivity contribution in [2.45, 2.75) is 36.0 Å². The van der Waals surface area contributed by atoms with E-state index in [4.69, 9.17) is 5.73 Å². The Hall–Kier alpha value is -0.0800. The lowest BCUT2D eigenvalue weighted by molar-refractivity contribution is 0.578. The minimum atomic E-state index is -3.43. The zero-order valence-electron chi connectivity index (χ0n) is 10.5. The summed E-state index contributed by atoms with van der Waals surface area (Å²) in [6.45, 7) is 2.59. The maximum atomic E-state index is 12.3. The van der Waals surface area contributed by atoms with Crippen molar-refractivity contribution in [1.82, 2.24) is 4.72 Å². The summed E-state index contributed by atoms with van der Waals surface area (Å²) >= 11 is 3.15. The molecule has 1 aromatic rings. The van der Waals surface area contributed by atoms with Gasteiger partial charge < -0.3 is 5.73 Å². The normalized spacial score (nSPS) is 17.9. The number of rotatable bonds is 6. The first-order chi connectivity index (χ1) is 8.44. The average molecular weight is 306 g/mol. The molecule has 0 radical (unpaired) electrons. The summed E-state index contributed by atoms with van der Waals surface area (Å²) in [6.07, 6.45) is 4.20. The van der Waals surface area contributed by atoms with Crippen LogP contribution in [0, 0.1) is 6.92 Å². The summed E-state index contributed by atoms with van der Waals surface area (Å²) < 4.78 is 27.5. The molecule has 0 spiro atoms. The molecule has 0 saturated heterocycles. The van der Waals surface area contributed by atoms with Crippen molar-refractivity contribution in [3.8, 4) is 0 Å². The number of nitrogens with one attached hydrogen (secondary N) is 1. The van der Waals surface area contributed by atoms with Crippen molar-refractivity contribution in [2.24, 2.45) is 5.73 Å². The van der Waals surface area contributed by atoms with Crippen LogP contribution in [0.15, 0.2) is 10.3 Å². The van der Waals surface area contributed by atoms with Crippen molar-refractivity contribution in [3.05, 3.63) is 15.8 Å². The molecular weight excluding hydrogens is 288 g/mol. The van der Waals surface area contributed by atoms with Crippen LogP contribution < -0.4 is 10.5 Å². The van der Waals surface area contributed by atoms with Gasteiger partial charge in [-0.05, 0) is 37.0 Å². The summed E-state index contributed by atoms with van der Waals surface area (Å²) in [5.74, 6) is 0. The van der Waals surface area contributed by atoms with Crippen molar-refractivity contribution < 1.29 is 8.42 Å². The fourth-order valence-electron chi connectivity index (χ4n) is 1.88. The van der Waals surface area contributed by atoms with Gasteiger partial charge in [0.15, 0.2) is 0 Å². The van der Waals surface area contributed by atoms with Gasteiger partial charge in [0.25, 0.3) is 0 Å². The van der Waals surface area contributed by atoms with Crippen LogP contribution in [0.5, 0.6) is 0 Å². The van der Waals surface area contributed by atoms with Gasteiger partial charge in [0.05, 0.1) is 0 Å². The number of hydrogen-bond donors (Lipinski definition) is 2. The molecule has 18 heavy (non-hydrogen) atoms. The first-order valence-electron chi connectivity index (χ1n) is 5.76. The maximum Gasteiger partial charge on any atom is 0.242 e. The van der Waals surface area contributed by atoms with E-state index in [1.54, 1.807) is 11.8 Å². The Morgan fingerprint density at radius 1 is 1.56 bits per heavy atom. The Kier molecular flexibility index (Phi) is 4.08. The predicted molar refractivity (Wildman–Crippen MR) is 77.6 cm³/mol. The molecule has 1 aliphatic rings. The van der Waals surface area contributed by atoms with Crippen LogP contribution in [0.1, 0.15) is 23.3 Å². The smallest absolute Gasteiger partial charge is 0.242 e. The Bertz CT molecular complexity index is 532. The predicted octanol–water partition coefficient (Wildman–Crippen LogP) is 1.69. The maximum absolute atomic E-state index is 12.3. The fourth-order valence-corrected chi connectivity index (χ4v) is 5.52. The topological polar surface area (TPSA) is 72.2 Å². The van der Waals surface area contributed by atoms with Crippen LogP contribution in [-0.4, -0.2) is 26.0 Å². The highest BCUT2D eigenvalue weighted by molar-refractivity contribution is 8.00. The van der Waals surface area contributed by atoms with E-state index in [1.165, 1.54) is 11.3 Å². The average Bonchev–Trinajstić information content (AvgIpc) is 3.03. The molecule has 3 N–H and O–H groups in total. The third kappa shape index (κ3) is 2.75. The van der Waals surface area contributed by atoms with E-state index < -0.39 is 10.0 Å². The number of nitrogens with two attached hydrogens (primary N) is 1. The molecular formula is C11H18N2O2S3. The molecule has 4 nitrogen and oxygen atoms in total. The first-order valence-corrected chi connectivity index (χ1v) is 9.35. The minimum absolute atomic E-state index is 0.125. The molecule has 1 saturated carbocycles. The zero-order chi connectivity index (χ0) is 13.4. The lowest BCUT2D eigenvalue weighted by Crippen LogP contribution is -2.32. The van der Waals surface area contributed by atoms with Crippen LogP contribution in [0.2, 0.25) is 0 Å². The molecule has 0 aliphatic heterocycles. The second kappa shape index (κ2) is 5.13. The second-order valence-corrected chi connectivity index (χ2v) is 8.53. The third-order valence-electron chi connectivity index (χ3n) is 3.27. The summed E-state index contributed by atoms with van der Waals surface area (Å²) in [4.78, 5) is 1.11. The standard InChI is InChI=1S/C11H18N2O2S3/c1-8-6-17-9(5-12)10(8)18(14,15)13-7-11(16-2)3-4-11/h6,13H,3-5,7,12H2,1-2H3. The number of thiophene rings is 1. The molecule has 7 heteroatoms. The molecule has 0 bridgehead atoms. The quantitative estimate of drug-likeness (QED) is 0.839. The number of hydrogen-bond acceptors (Lipinski definition) is 5. The van der Waals surface area contributed by atoms with Crippen LogP contribution in [-0.2, 0) is 16.6 Å². The van der Waals surface area contributed by atoms with Crippen LogP contribution in [0.3, 0.4) is 0 Å². The molecule has 0 aromatic carbocycles. The van der Waals surface area contributed by atoms with Gasteiger partial charge in [0, 0.05) is 22.7 Å². The summed E-state index contributed by atoms with van der Waals surface area (Å²) in [7, 11) is -3.43. The van der Waals surface area contributed by atoms with E-state index >= 15 is 0 Å². The lowest BCUT2D eigenvalue weighted by atomic mass is 10.3. The van der Waals surface area contributed by atoms with Crippen LogP contribution in [0.25, 0.3) is 0 Å². The summed E-state index contributed by atoms with van der Waals surface area (Å²) in [5, 5.41) is 1.85. The Morgan fingerprint density at radius 3 is 2.72 bits per heavy atom. The number of thioether (sulfide) groups is 1. The fraction of sp³-hybridized carbons (Fsp3) is 0.636. The molecule has 0 amide bonds. The van der Waals surface area contributed by atoms with E-state index in [0.29, 0.717) is 11.4 Å². The highest BCUT2D eigenvalue weighted by atomic mass is 32.2. The van der Waals surface area contributed by atoms with Gasteiger partial charge in [0.1, 0.15) is 4.90 Å². The zero-order valence-corrected chi connectivity index (χ0v) is 13.0. The van der Waals surface area contributed by atoms with Gasteiger partial charge in [-0.25, -0.2) is 13.1 Å². The van der Waals surface area contributed by atoms with Gasteiger partial charge in [-0.3, -0.25) is 0 Å². The molecule has 102 valence electrons. The van der Waals surface area contributed by atoms with Crippen molar-refractivity contribution in [3.63, 3.8) is 0 Å².